The first-order valence-corrected chi connectivity index (χ1v) is 8.80. The van der Waals surface area contributed by atoms with Crippen molar-refractivity contribution in [2.75, 3.05) is 26.2 Å². The van der Waals surface area contributed by atoms with Crippen molar-refractivity contribution in [3.8, 4) is 0 Å². The fourth-order valence-electron chi connectivity index (χ4n) is 3.67. The van der Waals surface area contributed by atoms with E-state index >= 15 is 0 Å². The van der Waals surface area contributed by atoms with Crippen molar-refractivity contribution in [3.63, 3.8) is 0 Å². The van der Waals surface area contributed by atoms with Gasteiger partial charge in [0.25, 0.3) is 0 Å². The molecule has 0 aromatic heterocycles. The standard InChI is InChI=1S/C17H32N2O.ClH/c1-2-18-14-15-10-12-19(13-11-15)17(20)16-8-6-4-3-5-7-9-16;/h15-16,18H,2-14H2,1H3;1H. The van der Waals surface area contributed by atoms with Crippen molar-refractivity contribution in [2.45, 2.75) is 64.7 Å². The number of amides is 1. The van der Waals surface area contributed by atoms with Crippen LogP contribution in [0.1, 0.15) is 64.7 Å². The number of hydrogen-bond donors (Lipinski definition) is 1. The minimum absolute atomic E-state index is 0. The van der Waals surface area contributed by atoms with E-state index in [1.807, 2.05) is 0 Å². The van der Waals surface area contributed by atoms with Crippen LogP contribution in [0.4, 0.5) is 0 Å². The maximum absolute atomic E-state index is 12.6. The van der Waals surface area contributed by atoms with E-state index < -0.39 is 0 Å². The van der Waals surface area contributed by atoms with Crippen LogP contribution in [0.2, 0.25) is 0 Å². The van der Waals surface area contributed by atoms with Crippen molar-refractivity contribution >= 4 is 18.3 Å². The molecule has 2 aliphatic rings. The van der Waals surface area contributed by atoms with Crippen molar-refractivity contribution < 1.29 is 4.79 Å². The van der Waals surface area contributed by atoms with Gasteiger partial charge in [0.2, 0.25) is 5.91 Å². The molecule has 1 N–H and O–H groups in total. The van der Waals surface area contributed by atoms with Crippen LogP contribution >= 0.6 is 12.4 Å². The summed E-state index contributed by atoms with van der Waals surface area (Å²) in [5.74, 6) is 1.57. The number of piperidine rings is 1. The van der Waals surface area contributed by atoms with Crippen LogP contribution in [-0.2, 0) is 4.79 Å². The highest BCUT2D eigenvalue weighted by Gasteiger charge is 2.27. The number of likely N-dealkylation sites (tertiary alicyclic amines) is 1. The lowest BCUT2D eigenvalue weighted by atomic mass is 9.89. The van der Waals surface area contributed by atoms with Crippen molar-refractivity contribution in [3.05, 3.63) is 0 Å². The van der Waals surface area contributed by atoms with E-state index in [9.17, 15) is 4.79 Å². The molecule has 124 valence electrons. The summed E-state index contributed by atoms with van der Waals surface area (Å²) in [6, 6.07) is 0. The van der Waals surface area contributed by atoms with Gasteiger partial charge < -0.3 is 10.2 Å². The fraction of sp³-hybridized carbons (Fsp3) is 0.941. The Hall–Kier alpha value is -0.280. The maximum Gasteiger partial charge on any atom is 0.225 e. The average molecular weight is 317 g/mol. The summed E-state index contributed by atoms with van der Waals surface area (Å²) in [6.45, 7) is 6.33. The molecule has 2 fully saturated rings. The molecule has 1 saturated heterocycles. The van der Waals surface area contributed by atoms with Gasteiger partial charge >= 0.3 is 0 Å². The number of carbonyl (C=O) groups is 1. The summed E-state index contributed by atoms with van der Waals surface area (Å²) < 4.78 is 0. The topological polar surface area (TPSA) is 32.3 Å². The molecule has 0 aromatic carbocycles. The van der Waals surface area contributed by atoms with E-state index in [-0.39, 0.29) is 12.4 Å². The Morgan fingerprint density at radius 2 is 1.57 bits per heavy atom. The molecule has 1 amide bonds. The molecule has 1 saturated carbocycles. The molecule has 0 radical (unpaired) electrons. The number of rotatable bonds is 4. The minimum Gasteiger partial charge on any atom is -0.342 e. The van der Waals surface area contributed by atoms with E-state index in [1.165, 1.54) is 44.9 Å². The predicted molar refractivity (Wildman–Crippen MR) is 90.9 cm³/mol. The third-order valence-electron chi connectivity index (χ3n) is 5.06. The Morgan fingerprint density at radius 3 is 2.14 bits per heavy atom. The van der Waals surface area contributed by atoms with Gasteiger partial charge in [0.1, 0.15) is 0 Å². The Labute approximate surface area is 136 Å². The first-order valence-electron chi connectivity index (χ1n) is 8.80. The summed E-state index contributed by atoms with van der Waals surface area (Å²) in [4.78, 5) is 14.8. The average Bonchev–Trinajstić information content (AvgIpc) is 2.45. The summed E-state index contributed by atoms with van der Waals surface area (Å²) in [5, 5.41) is 3.44. The van der Waals surface area contributed by atoms with Gasteiger partial charge in [-0.25, -0.2) is 0 Å². The van der Waals surface area contributed by atoms with Crippen LogP contribution in [0.5, 0.6) is 0 Å². The SMILES string of the molecule is CCNCC1CCN(C(=O)C2CCCCCCC2)CC1.Cl. The summed E-state index contributed by atoms with van der Waals surface area (Å²) in [7, 11) is 0. The van der Waals surface area contributed by atoms with Crippen LogP contribution < -0.4 is 5.32 Å². The van der Waals surface area contributed by atoms with E-state index in [2.05, 4.69) is 17.1 Å². The number of nitrogens with zero attached hydrogens (tertiary/aromatic N) is 1. The largest absolute Gasteiger partial charge is 0.342 e. The van der Waals surface area contributed by atoms with Gasteiger partial charge in [0, 0.05) is 19.0 Å². The molecule has 0 atom stereocenters. The third-order valence-corrected chi connectivity index (χ3v) is 5.06. The van der Waals surface area contributed by atoms with Gasteiger partial charge in [-0.3, -0.25) is 4.79 Å². The highest BCUT2D eigenvalue weighted by molar-refractivity contribution is 5.85. The predicted octanol–water partition coefficient (Wildman–Crippen LogP) is 3.62. The summed E-state index contributed by atoms with van der Waals surface area (Å²) in [5.41, 5.74) is 0. The molecule has 0 bridgehead atoms. The molecule has 3 nitrogen and oxygen atoms in total. The van der Waals surface area contributed by atoms with Crippen molar-refractivity contribution in [1.82, 2.24) is 10.2 Å². The van der Waals surface area contributed by atoms with E-state index in [1.54, 1.807) is 0 Å². The first-order chi connectivity index (χ1) is 9.81. The third kappa shape index (κ3) is 6.15. The van der Waals surface area contributed by atoms with Crippen LogP contribution in [0.25, 0.3) is 0 Å². The number of nitrogens with one attached hydrogen (secondary N) is 1. The zero-order valence-electron chi connectivity index (χ0n) is 13.6. The van der Waals surface area contributed by atoms with Crippen molar-refractivity contribution in [2.24, 2.45) is 11.8 Å². The zero-order valence-corrected chi connectivity index (χ0v) is 14.4. The van der Waals surface area contributed by atoms with Crippen LogP contribution in [0.15, 0.2) is 0 Å². The van der Waals surface area contributed by atoms with Crippen LogP contribution in [-0.4, -0.2) is 37.0 Å². The molecule has 1 heterocycles. The lowest BCUT2D eigenvalue weighted by Gasteiger charge is -2.34. The second-order valence-corrected chi connectivity index (χ2v) is 6.62. The van der Waals surface area contributed by atoms with Crippen LogP contribution in [0, 0.1) is 11.8 Å². The molecule has 0 unspecified atom stereocenters. The van der Waals surface area contributed by atoms with Gasteiger partial charge in [-0.1, -0.05) is 39.0 Å². The van der Waals surface area contributed by atoms with Gasteiger partial charge in [0.15, 0.2) is 0 Å². The molecule has 21 heavy (non-hydrogen) atoms. The van der Waals surface area contributed by atoms with Gasteiger partial charge in [0.05, 0.1) is 0 Å². The van der Waals surface area contributed by atoms with Gasteiger partial charge in [-0.05, 0) is 44.7 Å². The van der Waals surface area contributed by atoms with E-state index in [0.717, 1.165) is 44.9 Å². The number of carbonyl (C=O) groups excluding carboxylic acids is 1. The molecule has 1 aliphatic heterocycles. The first kappa shape index (κ1) is 18.8. The molecular weight excluding hydrogens is 284 g/mol. The maximum atomic E-state index is 12.6. The molecule has 1 aliphatic carbocycles. The monoisotopic (exact) mass is 316 g/mol. The van der Waals surface area contributed by atoms with Crippen LogP contribution in [0.3, 0.4) is 0 Å². The summed E-state index contributed by atoms with van der Waals surface area (Å²) in [6.07, 6.45) is 11.2. The highest BCUT2D eigenvalue weighted by atomic mass is 35.5. The second kappa shape index (κ2) is 10.4. The molecule has 4 heteroatoms. The molecule has 2 rings (SSSR count). The molecule has 0 aromatic rings. The fourth-order valence-corrected chi connectivity index (χ4v) is 3.67. The Bertz CT molecular complexity index is 283. The normalized spacial score (nSPS) is 22.2. The smallest absolute Gasteiger partial charge is 0.225 e. The minimum atomic E-state index is 0. The Morgan fingerprint density at radius 1 is 1.00 bits per heavy atom. The lowest BCUT2D eigenvalue weighted by Crippen LogP contribution is -2.43. The molecule has 0 spiro atoms. The Kier molecular flexibility index (Phi) is 9.34. The van der Waals surface area contributed by atoms with Gasteiger partial charge in [-0.2, -0.15) is 0 Å². The highest BCUT2D eigenvalue weighted by Crippen LogP contribution is 2.26. The van der Waals surface area contributed by atoms with E-state index in [4.69, 9.17) is 0 Å². The number of halogens is 1. The van der Waals surface area contributed by atoms with Crippen molar-refractivity contribution in [1.29, 1.82) is 0 Å². The molecular formula is C17H33ClN2O. The van der Waals surface area contributed by atoms with E-state index in [0.29, 0.717) is 11.8 Å². The number of hydrogen-bond acceptors (Lipinski definition) is 2. The quantitative estimate of drug-likeness (QED) is 0.859. The zero-order chi connectivity index (χ0) is 14.2. The summed E-state index contributed by atoms with van der Waals surface area (Å²) >= 11 is 0. The Balaban J connectivity index is 0.00000220. The second-order valence-electron chi connectivity index (χ2n) is 6.62. The lowest BCUT2D eigenvalue weighted by molar-refractivity contribution is -0.137. The van der Waals surface area contributed by atoms with Gasteiger partial charge in [-0.15, -0.1) is 12.4 Å².